The highest BCUT2D eigenvalue weighted by Crippen LogP contribution is 2.21. The number of ether oxygens (including phenoxy) is 1. The largest absolute Gasteiger partial charge is 0.475 e. The number of halogens is 1. The van der Waals surface area contributed by atoms with Gasteiger partial charge in [0.15, 0.2) is 5.76 Å². The van der Waals surface area contributed by atoms with Crippen LogP contribution in [0.5, 0.6) is 5.88 Å². The van der Waals surface area contributed by atoms with Gasteiger partial charge in [0.05, 0.1) is 17.5 Å². The van der Waals surface area contributed by atoms with Crippen molar-refractivity contribution in [3.05, 3.63) is 11.3 Å². The summed E-state index contributed by atoms with van der Waals surface area (Å²) >= 11 is 3.30. The molecule has 0 radical (unpaired) electrons. The molecule has 0 bridgehead atoms. The van der Waals surface area contributed by atoms with Crippen LogP contribution in [-0.2, 0) is 5.33 Å². The van der Waals surface area contributed by atoms with Crippen molar-refractivity contribution in [2.24, 2.45) is 0 Å². The highest BCUT2D eigenvalue weighted by molar-refractivity contribution is 9.08. The molecule has 1 rings (SSSR count). The maximum Gasteiger partial charge on any atom is 0.257 e. The van der Waals surface area contributed by atoms with Crippen molar-refractivity contribution >= 4 is 15.9 Å². The second kappa shape index (κ2) is 4.50. The lowest BCUT2D eigenvalue weighted by molar-refractivity contribution is 0.276. The van der Waals surface area contributed by atoms with Crippen molar-refractivity contribution in [1.29, 1.82) is 0 Å². The van der Waals surface area contributed by atoms with Crippen LogP contribution in [0.2, 0.25) is 0 Å². The predicted octanol–water partition coefficient (Wildman–Crippen LogP) is 2.67. The topological polar surface area (TPSA) is 35.3 Å². The summed E-state index contributed by atoms with van der Waals surface area (Å²) in [4.78, 5) is 0. The van der Waals surface area contributed by atoms with Crippen LogP contribution >= 0.6 is 15.9 Å². The van der Waals surface area contributed by atoms with E-state index in [0.29, 0.717) is 17.8 Å². The van der Waals surface area contributed by atoms with E-state index in [2.05, 4.69) is 28.0 Å². The molecule has 0 unspecified atom stereocenters. The molecule has 4 heteroatoms. The molecule has 68 valence electrons. The Morgan fingerprint density at radius 2 is 2.33 bits per heavy atom. The van der Waals surface area contributed by atoms with Crippen molar-refractivity contribution in [2.75, 3.05) is 6.61 Å². The first-order valence-corrected chi connectivity index (χ1v) is 5.05. The number of hydrogen-bond acceptors (Lipinski definition) is 3. The van der Waals surface area contributed by atoms with E-state index in [0.717, 1.165) is 17.7 Å². The minimum atomic E-state index is 0.617. The van der Waals surface area contributed by atoms with Gasteiger partial charge in [-0.25, -0.2) is 0 Å². The number of nitrogens with zero attached hydrogens (tertiary/aromatic N) is 1. The Morgan fingerprint density at radius 3 is 2.83 bits per heavy atom. The smallest absolute Gasteiger partial charge is 0.257 e. The van der Waals surface area contributed by atoms with Crippen LogP contribution in [0.1, 0.15) is 24.7 Å². The highest BCUT2D eigenvalue weighted by Gasteiger charge is 2.10. The number of aromatic nitrogens is 1. The van der Waals surface area contributed by atoms with E-state index < -0.39 is 0 Å². The SMILES string of the molecule is CCCOc1noc(CBr)c1C. The van der Waals surface area contributed by atoms with Gasteiger partial charge < -0.3 is 9.26 Å². The zero-order valence-corrected chi connectivity index (χ0v) is 8.85. The quantitative estimate of drug-likeness (QED) is 0.751. The van der Waals surface area contributed by atoms with Gasteiger partial charge in [0.1, 0.15) is 0 Å². The van der Waals surface area contributed by atoms with Crippen molar-refractivity contribution in [3.63, 3.8) is 0 Å². The number of hydrogen-bond donors (Lipinski definition) is 0. The third-order valence-corrected chi connectivity index (χ3v) is 2.05. The lowest BCUT2D eigenvalue weighted by Crippen LogP contribution is -1.96. The van der Waals surface area contributed by atoms with E-state index in [1.165, 1.54) is 0 Å². The third kappa shape index (κ3) is 2.00. The molecular weight excluding hydrogens is 222 g/mol. The fraction of sp³-hybridized carbons (Fsp3) is 0.625. The standard InChI is InChI=1S/C8H12BrNO2/c1-3-4-11-8-6(2)7(5-9)12-10-8/h3-5H2,1-2H3. The molecule has 0 aliphatic rings. The second-order valence-corrected chi connectivity index (χ2v) is 3.08. The normalized spacial score (nSPS) is 10.2. The molecular formula is C8H12BrNO2. The fourth-order valence-corrected chi connectivity index (χ4v) is 1.33. The number of rotatable bonds is 4. The van der Waals surface area contributed by atoms with Crippen LogP contribution in [0, 0.1) is 6.92 Å². The molecule has 0 saturated heterocycles. The van der Waals surface area contributed by atoms with Gasteiger partial charge in [-0.2, -0.15) is 0 Å². The van der Waals surface area contributed by atoms with Crippen LogP contribution in [0.3, 0.4) is 0 Å². The molecule has 0 amide bonds. The van der Waals surface area contributed by atoms with Gasteiger partial charge in [-0.1, -0.05) is 22.9 Å². The first-order valence-electron chi connectivity index (χ1n) is 3.93. The highest BCUT2D eigenvalue weighted by atomic mass is 79.9. The molecule has 0 saturated carbocycles. The van der Waals surface area contributed by atoms with Crippen LogP contribution in [0.4, 0.5) is 0 Å². The summed E-state index contributed by atoms with van der Waals surface area (Å²) in [7, 11) is 0. The lowest BCUT2D eigenvalue weighted by atomic mass is 10.3. The third-order valence-electron chi connectivity index (χ3n) is 1.54. The molecule has 1 aromatic heterocycles. The summed E-state index contributed by atoms with van der Waals surface area (Å²) in [6.07, 6.45) is 0.982. The summed E-state index contributed by atoms with van der Waals surface area (Å²) < 4.78 is 10.4. The molecule has 0 aromatic carbocycles. The monoisotopic (exact) mass is 233 g/mol. The van der Waals surface area contributed by atoms with Crippen LogP contribution in [0.25, 0.3) is 0 Å². The van der Waals surface area contributed by atoms with E-state index in [9.17, 15) is 0 Å². The molecule has 1 aromatic rings. The number of alkyl halides is 1. The van der Waals surface area contributed by atoms with E-state index in [-0.39, 0.29) is 0 Å². The molecule has 0 atom stereocenters. The zero-order chi connectivity index (χ0) is 8.97. The maximum atomic E-state index is 5.34. The summed E-state index contributed by atoms with van der Waals surface area (Å²) in [5.74, 6) is 1.45. The first kappa shape index (κ1) is 9.58. The van der Waals surface area contributed by atoms with Crippen molar-refractivity contribution < 1.29 is 9.26 Å². The zero-order valence-electron chi connectivity index (χ0n) is 7.26. The summed E-state index contributed by atoms with van der Waals surface area (Å²) in [6.45, 7) is 4.69. The van der Waals surface area contributed by atoms with Crippen molar-refractivity contribution in [1.82, 2.24) is 5.16 Å². The average Bonchev–Trinajstić information content (AvgIpc) is 2.43. The summed E-state index contributed by atoms with van der Waals surface area (Å²) in [5.41, 5.74) is 0.986. The van der Waals surface area contributed by atoms with Gasteiger partial charge in [0.25, 0.3) is 5.88 Å². The Hall–Kier alpha value is -0.510. The molecule has 0 spiro atoms. The molecule has 1 heterocycles. The van der Waals surface area contributed by atoms with Crippen LogP contribution in [-0.4, -0.2) is 11.8 Å². The minimum Gasteiger partial charge on any atom is -0.475 e. The average molecular weight is 234 g/mol. The maximum absolute atomic E-state index is 5.34. The van der Waals surface area contributed by atoms with E-state index in [1.54, 1.807) is 0 Å². The van der Waals surface area contributed by atoms with Gasteiger partial charge in [0.2, 0.25) is 0 Å². The molecule has 0 N–H and O–H groups in total. The Morgan fingerprint density at radius 1 is 1.58 bits per heavy atom. The molecule has 3 nitrogen and oxygen atoms in total. The van der Waals surface area contributed by atoms with Crippen LogP contribution in [0.15, 0.2) is 4.52 Å². The molecule has 12 heavy (non-hydrogen) atoms. The van der Waals surface area contributed by atoms with E-state index in [1.807, 2.05) is 6.92 Å². The van der Waals surface area contributed by atoms with E-state index in [4.69, 9.17) is 9.26 Å². The second-order valence-electron chi connectivity index (χ2n) is 2.52. The Labute approximate surface area is 80.2 Å². The molecule has 0 aliphatic carbocycles. The molecule has 0 aliphatic heterocycles. The van der Waals surface area contributed by atoms with Gasteiger partial charge >= 0.3 is 0 Å². The Kier molecular flexibility index (Phi) is 3.59. The Balaban J connectivity index is 2.66. The van der Waals surface area contributed by atoms with Gasteiger partial charge in [-0.05, 0) is 18.5 Å². The lowest BCUT2D eigenvalue weighted by Gasteiger charge is -1.98. The van der Waals surface area contributed by atoms with Crippen molar-refractivity contribution in [3.8, 4) is 5.88 Å². The predicted molar refractivity (Wildman–Crippen MR) is 49.7 cm³/mol. The summed E-state index contributed by atoms with van der Waals surface area (Å²) in [5, 5.41) is 4.48. The van der Waals surface area contributed by atoms with Crippen LogP contribution < -0.4 is 4.74 Å². The first-order chi connectivity index (χ1) is 5.79. The Bertz CT molecular complexity index is 247. The van der Waals surface area contributed by atoms with Gasteiger partial charge in [0, 0.05) is 0 Å². The fourth-order valence-electron chi connectivity index (χ4n) is 0.811. The van der Waals surface area contributed by atoms with Gasteiger partial charge in [-0.3, -0.25) is 0 Å². The van der Waals surface area contributed by atoms with Gasteiger partial charge in [-0.15, -0.1) is 0 Å². The van der Waals surface area contributed by atoms with E-state index >= 15 is 0 Å². The molecule has 0 fully saturated rings. The van der Waals surface area contributed by atoms with Crippen molar-refractivity contribution in [2.45, 2.75) is 25.6 Å². The minimum absolute atomic E-state index is 0.617. The summed E-state index contributed by atoms with van der Waals surface area (Å²) in [6, 6.07) is 0.